The summed E-state index contributed by atoms with van der Waals surface area (Å²) in [4.78, 5) is 16.1. The van der Waals surface area contributed by atoms with Crippen LogP contribution in [0.1, 0.15) is 21.7 Å². The molecule has 0 N–H and O–H groups in total. The molecule has 7 heteroatoms. The van der Waals surface area contributed by atoms with Gasteiger partial charge in [-0.25, -0.2) is 4.98 Å². The van der Waals surface area contributed by atoms with Crippen molar-refractivity contribution >= 4 is 39.0 Å². The molecule has 1 aromatic heterocycles. The number of nitriles is 1. The Morgan fingerprint density at radius 2 is 1.96 bits per heavy atom. The molecule has 0 bridgehead atoms. The summed E-state index contributed by atoms with van der Waals surface area (Å²) in [5.74, 6) is 6.06. The van der Waals surface area contributed by atoms with Gasteiger partial charge in [0, 0.05) is 16.5 Å². The molecule has 0 aliphatic carbocycles. The van der Waals surface area contributed by atoms with Crippen molar-refractivity contribution in [3.05, 3.63) is 62.1 Å². The molecule has 1 heterocycles. The van der Waals surface area contributed by atoms with Gasteiger partial charge in [0.1, 0.15) is 5.40 Å². The third-order valence-electron chi connectivity index (χ3n) is 3.61. The zero-order chi connectivity index (χ0) is 18.0. The Labute approximate surface area is 152 Å². The number of thiazole rings is 1. The van der Waals surface area contributed by atoms with Crippen LogP contribution in [-0.2, 0) is 0 Å². The number of nitro groups is 1. The Balaban J connectivity index is 1.98. The maximum Gasteiger partial charge on any atom is 0.274 e. The molecule has 0 unspecified atom stereocenters. The van der Waals surface area contributed by atoms with Gasteiger partial charge in [-0.2, -0.15) is 5.26 Å². The number of aryl methyl sites for hydroxylation is 2. The molecule has 0 spiro atoms. The summed E-state index contributed by atoms with van der Waals surface area (Å²) >= 11 is 2.53. The van der Waals surface area contributed by atoms with E-state index in [0.29, 0.717) is 16.1 Å². The van der Waals surface area contributed by atoms with Gasteiger partial charge in [0.05, 0.1) is 20.7 Å². The van der Waals surface area contributed by atoms with Crippen LogP contribution in [0, 0.1) is 46.5 Å². The molecule has 122 valence electrons. The van der Waals surface area contributed by atoms with E-state index >= 15 is 0 Å². The summed E-state index contributed by atoms with van der Waals surface area (Å²) in [6, 6.07) is 8.96. The second-order valence-electron chi connectivity index (χ2n) is 5.26. The van der Waals surface area contributed by atoms with Crippen molar-refractivity contribution < 1.29 is 4.92 Å². The average Bonchev–Trinajstić information content (AvgIpc) is 3.03. The lowest BCUT2D eigenvalue weighted by Gasteiger charge is -2.00. The lowest BCUT2D eigenvalue weighted by atomic mass is 10.1. The van der Waals surface area contributed by atoms with Gasteiger partial charge in [0.25, 0.3) is 5.69 Å². The zero-order valence-electron chi connectivity index (χ0n) is 13.4. The minimum Gasteiger partial charge on any atom is -0.258 e. The Kier molecular flexibility index (Phi) is 4.71. The largest absolute Gasteiger partial charge is 0.274 e. The summed E-state index contributed by atoms with van der Waals surface area (Å²) in [6.45, 7) is 3.55. The predicted molar refractivity (Wildman–Crippen MR) is 99.6 cm³/mol. The smallest absolute Gasteiger partial charge is 0.258 e. The maximum atomic E-state index is 11.1. The molecule has 3 rings (SSSR count). The molecule has 0 radical (unpaired) electrons. The first-order valence-electron chi connectivity index (χ1n) is 7.22. The van der Waals surface area contributed by atoms with Crippen LogP contribution in [0.2, 0.25) is 0 Å². The minimum absolute atomic E-state index is 0.0837. The van der Waals surface area contributed by atoms with Crippen LogP contribution in [0.25, 0.3) is 10.2 Å². The molecule has 3 aromatic rings. The minimum atomic E-state index is -0.382. The van der Waals surface area contributed by atoms with Crippen molar-refractivity contribution in [2.45, 2.75) is 18.7 Å². The molecular formula is C18H11N3O2S2. The summed E-state index contributed by atoms with van der Waals surface area (Å²) in [5.41, 5.74) is 2.94. The van der Waals surface area contributed by atoms with Crippen LogP contribution in [0.5, 0.6) is 0 Å². The summed E-state index contributed by atoms with van der Waals surface area (Å²) < 4.78 is 0.924. The fourth-order valence-corrected chi connectivity index (χ4v) is 3.69. The van der Waals surface area contributed by atoms with E-state index in [-0.39, 0.29) is 10.6 Å². The predicted octanol–water partition coefficient (Wildman–Crippen LogP) is 4.79. The number of fused-ring (bicyclic) bond motifs is 1. The molecule has 0 atom stereocenters. The number of nitrogens with zero attached hydrogens (tertiary/aromatic N) is 3. The normalized spacial score (nSPS) is 10.1. The van der Waals surface area contributed by atoms with Crippen LogP contribution in [-0.4, -0.2) is 9.91 Å². The van der Waals surface area contributed by atoms with Gasteiger partial charge in [0.15, 0.2) is 5.01 Å². The molecule has 5 nitrogen and oxygen atoms in total. The third kappa shape index (κ3) is 3.48. The van der Waals surface area contributed by atoms with Gasteiger partial charge in [0.2, 0.25) is 0 Å². The van der Waals surface area contributed by atoms with E-state index in [0.717, 1.165) is 32.5 Å². The first kappa shape index (κ1) is 17.0. The fourth-order valence-electron chi connectivity index (χ4n) is 2.37. The van der Waals surface area contributed by atoms with Crippen molar-refractivity contribution in [1.82, 2.24) is 4.98 Å². The number of hydrogen-bond donors (Lipinski definition) is 0. The van der Waals surface area contributed by atoms with Gasteiger partial charge in [-0.05, 0) is 61.4 Å². The Hall–Kier alpha value is -2.87. The van der Waals surface area contributed by atoms with Crippen molar-refractivity contribution in [2.24, 2.45) is 0 Å². The third-order valence-corrected chi connectivity index (χ3v) is 5.31. The molecule has 2 aromatic carbocycles. The highest BCUT2D eigenvalue weighted by atomic mass is 32.2. The van der Waals surface area contributed by atoms with E-state index in [2.05, 4.69) is 16.8 Å². The summed E-state index contributed by atoms with van der Waals surface area (Å²) in [6.07, 6.45) is 0. The number of nitro benzene ring substituents is 1. The Bertz CT molecular complexity index is 1080. The lowest BCUT2D eigenvalue weighted by molar-refractivity contribution is -0.385. The molecule has 0 amide bonds. The highest BCUT2D eigenvalue weighted by Crippen LogP contribution is 2.33. The highest BCUT2D eigenvalue weighted by Gasteiger charge is 2.18. The molecular weight excluding hydrogens is 354 g/mol. The molecule has 25 heavy (non-hydrogen) atoms. The van der Waals surface area contributed by atoms with E-state index in [4.69, 9.17) is 5.26 Å². The van der Waals surface area contributed by atoms with Gasteiger partial charge >= 0.3 is 0 Å². The second-order valence-corrected chi connectivity index (χ2v) is 7.12. The second kappa shape index (κ2) is 6.94. The molecule has 0 saturated heterocycles. The SMILES string of the molecule is Cc1c([N+](=O)[O-])cc(C)c2sc(C#Cc3ccc(SC#N)cc3)nc12. The summed E-state index contributed by atoms with van der Waals surface area (Å²) in [5, 5.41) is 22.4. The first-order valence-corrected chi connectivity index (χ1v) is 8.86. The topological polar surface area (TPSA) is 79.8 Å². The quantitative estimate of drug-likeness (QED) is 0.214. The number of aromatic nitrogens is 1. The van der Waals surface area contributed by atoms with Crippen LogP contribution >= 0.6 is 23.1 Å². The van der Waals surface area contributed by atoms with Gasteiger partial charge < -0.3 is 0 Å². The number of thioether (sulfide) groups is 1. The summed E-state index contributed by atoms with van der Waals surface area (Å²) in [7, 11) is 0. The molecule has 0 fully saturated rings. The van der Waals surface area contributed by atoms with Crippen LogP contribution in [0.15, 0.2) is 35.2 Å². The van der Waals surface area contributed by atoms with Crippen molar-refractivity contribution in [3.63, 3.8) is 0 Å². The Morgan fingerprint density at radius 3 is 2.60 bits per heavy atom. The number of thiocyanates is 1. The van der Waals surface area contributed by atoms with Crippen LogP contribution in [0.3, 0.4) is 0 Å². The van der Waals surface area contributed by atoms with Crippen molar-refractivity contribution in [2.75, 3.05) is 0 Å². The van der Waals surface area contributed by atoms with E-state index in [1.807, 2.05) is 36.6 Å². The zero-order valence-corrected chi connectivity index (χ0v) is 15.0. The molecule has 0 aliphatic rings. The van der Waals surface area contributed by atoms with Gasteiger partial charge in [-0.15, -0.1) is 11.3 Å². The average molecular weight is 365 g/mol. The first-order chi connectivity index (χ1) is 12.0. The van der Waals surface area contributed by atoms with E-state index in [9.17, 15) is 10.1 Å². The van der Waals surface area contributed by atoms with Crippen molar-refractivity contribution in [3.8, 4) is 17.2 Å². The highest BCUT2D eigenvalue weighted by molar-refractivity contribution is 8.03. The van der Waals surface area contributed by atoms with E-state index < -0.39 is 0 Å². The fraction of sp³-hybridized carbons (Fsp3) is 0.111. The standard InChI is InChI=1S/C18H11N3O2S2/c1-11-9-15(21(22)23)12(2)17-18(11)25-16(20-17)8-5-13-3-6-14(7-4-13)24-10-19/h3-4,6-7,9H,1-2H3. The number of benzene rings is 2. The van der Waals surface area contributed by atoms with Crippen LogP contribution in [0.4, 0.5) is 5.69 Å². The lowest BCUT2D eigenvalue weighted by Crippen LogP contribution is -1.93. The monoisotopic (exact) mass is 365 g/mol. The van der Waals surface area contributed by atoms with Gasteiger partial charge in [-0.1, -0.05) is 5.92 Å². The van der Waals surface area contributed by atoms with Crippen LogP contribution < -0.4 is 0 Å². The number of rotatable bonds is 2. The van der Waals surface area contributed by atoms with E-state index in [1.54, 1.807) is 13.0 Å². The number of hydrogen-bond acceptors (Lipinski definition) is 6. The van der Waals surface area contributed by atoms with E-state index in [1.165, 1.54) is 11.3 Å². The van der Waals surface area contributed by atoms with Gasteiger partial charge in [-0.3, -0.25) is 10.1 Å². The molecule has 0 aliphatic heterocycles. The Morgan fingerprint density at radius 1 is 1.24 bits per heavy atom. The maximum absolute atomic E-state index is 11.1. The van der Waals surface area contributed by atoms with Crippen molar-refractivity contribution in [1.29, 1.82) is 5.26 Å². The molecule has 0 saturated carbocycles.